The highest BCUT2D eigenvalue weighted by atomic mass is 35.5. The second-order valence-corrected chi connectivity index (χ2v) is 5.43. The lowest BCUT2D eigenvalue weighted by atomic mass is 10.2. The Morgan fingerprint density at radius 2 is 2.05 bits per heavy atom. The van der Waals surface area contributed by atoms with Crippen LogP contribution in [0.1, 0.15) is 25.7 Å². The van der Waals surface area contributed by atoms with E-state index >= 15 is 0 Å². The summed E-state index contributed by atoms with van der Waals surface area (Å²) in [5.74, 6) is -1.71. The Kier molecular flexibility index (Phi) is 5.01. The van der Waals surface area contributed by atoms with Crippen LogP contribution in [0.25, 0.3) is 0 Å². The highest BCUT2D eigenvalue weighted by molar-refractivity contribution is 6.30. The van der Waals surface area contributed by atoms with Crippen LogP contribution in [0.4, 0.5) is 14.9 Å². The minimum absolute atomic E-state index is 0.0359. The topological polar surface area (TPSA) is 69.6 Å². The van der Waals surface area contributed by atoms with Crippen LogP contribution in [0, 0.1) is 5.82 Å². The lowest BCUT2D eigenvalue weighted by Crippen LogP contribution is -2.44. The molecule has 0 heterocycles. The number of carbonyl (C=O) groups is 2. The summed E-state index contributed by atoms with van der Waals surface area (Å²) in [6.07, 6.45) is 3.53. The number of urea groups is 1. The molecule has 2 N–H and O–H groups in total. The molecule has 1 saturated carbocycles. The average Bonchev–Trinajstić information content (AvgIpc) is 2.93. The molecule has 0 atom stereocenters. The zero-order chi connectivity index (χ0) is 15.4. The Hall–Kier alpha value is -1.82. The first-order valence-electron chi connectivity index (χ1n) is 6.72. The molecule has 2 rings (SSSR count). The molecular weight excluding hydrogens is 299 g/mol. The molecule has 114 valence electrons. The fourth-order valence-corrected chi connectivity index (χ4v) is 2.62. The molecule has 0 aromatic heterocycles. The van der Waals surface area contributed by atoms with Crippen LogP contribution in [0.5, 0.6) is 0 Å². The van der Waals surface area contributed by atoms with Crippen LogP contribution in [0.3, 0.4) is 0 Å². The molecule has 0 radical (unpaired) electrons. The van der Waals surface area contributed by atoms with E-state index in [4.69, 9.17) is 16.7 Å². The maximum Gasteiger partial charge on any atom is 0.323 e. The van der Waals surface area contributed by atoms with Crippen molar-refractivity contribution in [2.45, 2.75) is 31.7 Å². The molecule has 1 aliphatic carbocycles. The number of nitrogens with one attached hydrogen (secondary N) is 1. The van der Waals surface area contributed by atoms with Crippen LogP contribution < -0.4 is 5.32 Å². The molecule has 1 aromatic rings. The second-order valence-electron chi connectivity index (χ2n) is 5.02. The molecule has 0 unspecified atom stereocenters. The van der Waals surface area contributed by atoms with Gasteiger partial charge in [0.25, 0.3) is 0 Å². The lowest BCUT2D eigenvalue weighted by Gasteiger charge is -2.27. The van der Waals surface area contributed by atoms with Gasteiger partial charge in [-0.1, -0.05) is 24.4 Å². The van der Waals surface area contributed by atoms with Crippen molar-refractivity contribution < 1.29 is 19.1 Å². The zero-order valence-electron chi connectivity index (χ0n) is 11.3. The van der Waals surface area contributed by atoms with Crippen molar-refractivity contribution in [3.63, 3.8) is 0 Å². The number of halogens is 2. The number of hydrogen-bond acceptors (Lipinski definition) is 2. The van der Waals surface area contributed by atoms with Gasteiger partial charge in [0.15, 0.2) is 0 Å². The van der Waals surface area contributed by atoms with Gasteiger partial charge in [0.05, 0.1) is 5.02 Å². The van der Waals surface area contributed by atoms with Crippen LogP contribution in [0.15, 0.2) is 18.2 Å². The van der Waals surface area contributed by atoms with Crippen molar-refractivity contribution in [2.75, 3.05) is 11.9 Å². The minimum Gasteiger partial charge on any atom is -0.480 e. The quantitative estimate of drug-likeness (QED) is 0.895. The molecule has 2 amide bonds. The minimum atomic E-state index is -1.07. The number of aliphatic carboxylic acids is 1. The number of hydrogen-bond donors (Lipinski definition) is 2. The molecule has 0 saturated heterocycles. The summed E-state index contributed by atoms with van der Waals surface area (Å²) in [7, 11) is 0. The van der Waals surface area contributed by atoms with Gasteiger partial charge in [-0.15, -0.1) is 0 Å². The van der Waals surface area contributed by atoms with Crippen molar-refractivity contribution in [1.82, 2.24) is 4.90 Å². The molecule has 0 spiro atoms. The van der Waals surface area contributed by atoms with Gasteiger partial charge in [-0.25, -0.2) is 9.18 Å². The molecular formula is C14H16ClFN2O3. The third-order valence-corrected chi connectivity index (χ3v) is 3.81. The maximum absolute atomic E-state index is 13.4. The van der Waals surface area contributed by atoms with Crippen molar-refractivity contribution in [2.24, 2.45) is 0 Å². The summed E-state index contributed by atoms with van der Waals surface area (Å²) in [6, 6.07) is 3.29. The Labute approximate surface area is 126 Å². The number of carboxylic acid groups (broad SMARTS) is 1. The monoisotopic (exact) mass is 314 g/mol. The number of amides is 2. The number of anilines is 1. The third kappa shape index (κ3) is 4.07. The van der Waals surface area contributed by atoms with Gasteiger partial charge in [-0.05, 0) is 31.0 Å². The summed E-state index contributed by atoms with van der Waals surface area (Å²) in [5, 5.41) is 11.4. The van der Waals surface area contributed by atoms with E-state index < -0.39 is 17.8 Å². The first-order valence-corrected chi connectivity index (χ1v) is 7.09. The lowest BCUT2D eigenvalue weighted by molar-refractivity contribution is -0.138. The predicted molar refractivity (Wildman–Crippen MR) is 77.0 cm³/mol. The molecule has 1 aliphatic rings. The summed E-state index contributed by atoms with van der Waals surface area (Å²) in [5.41, 5.74) is 0.246. The summed E-state index contributed by atoms with van der Waals surface area (Å²) >= 11 is 5.58. The zero-order valence-corrected chi connectivity index (χ0v) is 12.1. The Balaban J connectivity index is 2.09. The van der Waals surface area contributed by atoms with Crippen LogP contribution in [0.2, 0.25) is 5.02 Å². The molecule has 5 nitrogen and oxygen atoms in total. The fourth-order valence-electron chi connectivity index (χ4n) is 2.50. The van der Waals surface area contributed by atoms with E-state index in [0.29, 0.717) is 0 Å². The van der Waals surface area contributed by atoms with Gasteiger partial charge in [0.1, 0.15) is 12.4 Å². The first kappa shape index (κ1) is 15.6. The van der Waals surface area contributed by atoms with Gasteiger partial charge >= 0.3 is 12.0 Å². The summed E-state index contributed by atoms with van der Waals surface area (Å²) < 4.78 is 13.4. The van der Waals surface area contributed by atoms with E-state index in [1.807, 2.05) is 0 Å². The largest absolute Gasteiger partial charge is 0.480 e. The van der Waals surface area contributed by atoms with E-state index in [1.54, 1.807) is 0 Å². The van der Waals surface area contributed by atoms with E-state index in [0.717, 1.165) is 31.7 Å². The van der Waals surface area contributed by atoms with E-state index in [9.17, 15) is 14.0 Å². The van der Waals surface area contributed by atoms with Crippen molar-refractivity contribution in [1.29, 1.82) is 0 Å². The summed E-state index contributed by atoms with van der Waals surface area (Å²) in [4.78, 5) is 24.4. The summed E-state index contributed by atoms with van der Waals surface area (Å²) in [6.45, 7) is -0.368. The van der Waals surface area contributed by atoms with Gasteiger partial charge in [-0.3, -0.25) is 4.79 Å². The van der Waals surface area contributed by atoms with E-state index in [2.05, 4.69) is 5.32 Å². The highest BCUT2D eigenvalue weighted by Crippen LogP contribution is 2.25. The second kappa shape index (κ2) is 6.76. The van der Waals surface area contributed by atoms with Gasteiger partial charge < -0.3 is 15.3 Å². The smallest absolute Gasteiger partial charge is 0.323 e. The van der Waals surface area contributed by atoms with Gasteiger partial charge in [-0.2, -0.15) is 0 Å². The first-order chi connectivity index (χ1) is 9.97. The fraction of sp³-hybridized carbons (Fsp3) is 0.429. The molecule has 21 heavy (non-hydrogen) atoms. The molecule has 7 heteroatoms. The van der Waals surface area contributed by atoms with Crippen LogP contribution in [-0.4, -0.2) is 34.6 Å². The normalized spacial score (nSPS) is 15.0. The van der Waals surface area contributed by atoms with Gasteiger partial charge in [0, 0.05) is 11.7 Å². The number of benzene rings is 1. The number of carboxylic acids is 1. The Bertz CT molecular complexity index is 547. The number of rotatable bonds is 4. The Morgan fingerprint density at radius 3 is 2.62 bits per heavy atom. The van der Waals surface area contributed by atoms with Gasteiger partial charge in [0.2, 0.25) is 0 Å². The third-order valence-electron chi connectivity index (χ3n) is 3.50. The number of nitrogens with zero attached hydrogens (tertiary/aromatic N) is 1. The Morgan fingerprint density at radius 1 is 1.38 bits per heavy atom. The van der Waals surface area contributed by atoms with Crippen molar-refractivity contribution >= 4 is 29.3 Å². The van der Waals surface area contributed by atoms with Crippen LogP contribution >= 0.6 is 11.6 Å². The molecule has 0 aliphatic heterocycles. The van der Waals surface area contributed by atoms with Crippen molar-refractivity contribution in [3.05, 3.63) is 29.0 Å². The molecule has 1 aromatic carbocycles. The van der Waals surface area contributed by atoms with E-state index in [1.165, 1.54) is 17.0 Å². The SMILES string of the molecule is O=C(O)CN(C(=O)Nc1ccc(Cl)c(F)c1)C1CCCC1. The average molecular weight is 315 g/mol. The highest BCUT2D eigenvalue weighted by Gasteiger charge is 2.28. The predicted octanol–water partition coefficient (Wildman–Crippen LogP) is 3.34. The van der Waals surface area contributed by atoms with E-state index in [-0.39, 0.29) is 23.3 Å². The van der Waals surface area contributed by atoms with Crippen LogP contribution in [-0.2, 0) is 4.79 Å². The maximum atomic E-state index is 13.4. The molecule has 0 bridgehead atoms. The molecule has 1 fully saturated rings. The van der Waals surface area contributed by atoms with Crippen molar-refractivity contribution in [3.8, 4) is 0 Å². The standard InChI is InChI=1S/C14H16ClFN2O3/c15-11-6-5-9(7-12(11)16)17-14(21)18(8-13(19)20)10-3-1-2-4-10/h5-7,10H,1-4,8H2,(H,17,21)(H,19,20). The number of carbonyl (C=O) groups excluding carboxylic acids is 1.